The molecule has 1 unspecified atom stereocenters. The second kappa shape index (κ2) is 7.23. The molecule has 2 rings (SSSR count). The first-order valence-electron chi connectivity index (χ1n) is 7.05. The van der Waals surface area contributed by atoms with Gasteiger partial charge in [-0.25, -0.2) is 0 Å². The third-order valence-corrected chi connectivity index (χ3v) is 3.86. The van der Waals surface area contributed by atoms with Crippen LogP contribution in [0.3, 0.4) is 0 Å². The van der Waals surface area contributed by atoms with E-state index in [4.69, 9.17) is 0 Å². The van der Waals surface area contributed by atoms with Crippen LogP contribution in [0.1, 0.15) is 24.8 Å². The summed E-state index contributed by atoms with van der Waals surface area (Å²) in [5.74, 6) is 5.84. The van der Waals surface area contributed by atoms with Crippen molar-refractivity contribution in [3.63, 3.8) is 0 Å². The molecule has 2 N–H and O–H groups in total. The molecular weight excluding hydrogens is 252 g/mol. The summed E-state index contributed by atoms with van der Waals surface area (Å²) in [4.78, 5) is 10.6. The zero-order chi connectivity index (χ0) is 14.4. The Bertz CT molecular complexity index is 486. The fourth-order valence-corrected chi connectivity index (χ4v) is 2.75. The third kappa shape index (κ3) is 3.93. The van der Waals surface area contributed by atoms with E-state index in [1.54, 1.807) is 0 Å². The van der Waals surface area contributed by atoms with Crippen molar-refractivity contribution in [3.05, 3.63) is 35.9 Å². The van der Waals surface area contributed by atoms with Crippen molar-refractivity contribution in [1.82, 2.24) is 0 Å². The molecule has 0 bridgehead atoms. The van der Waals surface area contributed by atoms with Gasteiger partial charge in [0.2, 0.25) is 0 Å². The first-order valence-corrected chi connectivity index (χ1v) is 7.05. The molecule has 0 amide bonds. The van der Waals surface area contributed by atoms with Crippen LogP contribution in [0.4, 0.5) is 0 Å². The summed E-state index contributed by atoms with van der Waals surface area (Å²) in [6.45, 7) is 0. The van der Waals surface area contributed by atoms with E-state index in [0.29, 0.717) is 19.3 Å². The Morgan fingerprint density at radius 3 is 2.75 bits per heavy atom. The molecule has 1 aliphatic rings. The average Bonchev–Trinajstić information content (AvgIpc) is 2.79. The number of rotatable bonds is 4. The molecule has 3 nitrogen and oxygen atoms in total. The maximum absolute atomic E-state index is 10.6. The lowest BCUT2D eigenvalue weighted by molar-refractivity contribution is -0.109. The van der Waals surface area contributed by atoms with Gasteiger partial charge in [-0.2, -0.15) is 0 Å². The molecule has 0 aliphatic heterocycles. The predicted octanol–water partition coefficient (Wildman–Crippen LogP) is 1.57. The quantitative estimate of drug-likeness (QED) is 0.646. The number of aliphatic hydroxyl groups is 2. The molecule has 1 aromatic rings. The lowest BCUT2D eigenvalue weighted by Crippen LogP contribution is -2.19. The van der Waals surface area contributed by atoms with Crippen LogP contribution in [0, 0.1) is 23.7 Å². The maximum atomic E-state index is 10.6. The molecule has 1 aromatic carbocycles. The Morgan fingerprint density at radius 2 is 2.05 bits per heavy atom. The van der Waals surface area contributed by atoms with Crippen molar-refractivity contribution in [1.29, 1.82) is 0 Å². The second-order valence-corrected chi connectivity index (χ2v) is 5.31. The second-order valence-electron chi connectivity index (χ2n) is 5.31. The minimum Gasteiger partial charge on any atom is -0.393 e. The van der Waals surface area contributed by atoms with E-state index in [1.807, 2.05) is 30.3 Å². The number of carbonyl (C=O) groups excluding carboxylic acids is 1. The number of carbonyl (C=O) groups is 1. The molecule has 1 saturated carbocycles. The van der Waals surface area contributed by atoms with E-state index in [0.717, 1.165) is 18.3 Å². The minimum absolute atomic E-state index is 0.0145. The zero-order valence-electron chi connectivity index (χ0n) is 11.4. The zero-order valence-corrected chi connectivity index (χ0v) is 11.4. The Labute approximate surface area is 119 Å². The monoisotopic (exact) mass is 272 g/mol. The van der Waals surface area contributed by atoms with Gasteiger partial charge in [0.15, 0.2) is 0 Å². The third-order valence-electron chi connectivity index (χ3n) is 3.86. The Hall–Kier alpha value is -1.63. The van der Waals surface area contributed by atoms with Crippen molar-refractivity contribution < 1.29 is 15.0 Å². The van der Waals surface area contributed by atoms with Gasteiger partial charge in [0.1, 0.15) is 12.4 Å². The van der Waals surface area contributed by atoms with Gasteiger partial charge in [-0.1, -0.05) is 42.2 Å². The van der Waals surface area contributed by atoms with Crippen molar-refractivity contribution in [2.24, 2.45) is 11.8 Å². The molecule has 0 radical (unpaired) electrons. The van der Waals surface area contributed by atoms with Crippen LogP contribution in [0.15, 0.2) is 30.3 Å². The van der Waals surface area contributed by atoms with Crippen LogP contribution in [0.2, 0.25) is 0 Å². The molecule has 1 aliphatic carbocycles. The maximum Gasteiger partial charge on any atom is 0.120 e. The van der Waals surface area contributed by atoms with E-state index >= 15 is 0 Å². The van der Waals surface area contributed by atoms with Crippen molar-refractivity contribution >= 4 is 6.29 Å². The highest BCUT2D eigenvalue weighted by Gasteiger charge is 2.33. The predicted molar refractivity (Wildman–Crippen MR) is 76.8 cm³/mol. The van der Waals surface area contributed by atoms with Gasteiger partial charge in [-0.05, 0) is 18.4 Å². The Morgan fingerprint density at radius 1 is 1.30 bits per heavy atom. The summed E-state index contributed by atoms with van der Waals surface area (Å²) in [7, 11) is 0. The normalized spacial score (nSPS) is 26.6. The summed E-state index contributed by atoms with van der Waals surface area (Å²) in [5.41, 5.74) is 1.05. The molecule has 0 heterocycles. The molecule has 106 valence electrons. The van der Waals surface area contributed by atoms with Crippen LogP contribution >= 0.6 is 0 Å². The summed E-state index contributed by atoms with van der Waals surface area (Å²) in [6.07, 6.45) is 2.03. The van der Waals surface area contributed by atoms with Gasteiger partial charge in [-0.3, -0.25) is 0 Å². The van der Waals surface area contributed by atoms with Crippen LogP contribution < -0.4 is 0 Å². The van der Waals surface area contributed by atoms with E-state index in [2.05, 4.69) is 11.8 Å². The van der Waals surface area contributed by atoms with Gasteiger partial charge in [0, 0.05) is 24.7 Å². The number of benzene rings is 1. The molecule has 20 heavy (non-hydrogen) atoms. The Balaban J connectivity index is 1.94. The molecule has 0 saturated heterocycles. The number of aldehydes is 1. The van der Waals surface area contributed by atoms with Crippen LogP contribution in [0.5, 0.6) is 0 Å². The number of hydrogen-bond donors (Lipinski definition) is 2. The summed E-state index contributed by atoms with van der Waals surface area (Å²) >= 11 is 0. The van der Waals surface area contributed by atoms with Crippen LogP contribution in [-0.2, 0) is 11.2 Å². The van der Waals surface area contributed by atoms with Gasteiger partial charge in [0.05, 0.1) is 6.10 Å². The van der Waals surface area contributed by atoms with E-state index < -0.39 is 12.2 Å². The molecule has 4 atom stereocenters. The standard InChI is InChI=1S/C17H20O3/c18-11-10-16-14(7-9-17(16)20)6-8-15(19)12-13-4-2-1-3-5-13/h1-5,11,14-17,19-20H,7,9-10,12H2/t14-,15?,16+,17-/m1/s1. The molecule has 1 fully saturated rings. The number of hydrogen-bond acceptors (Lipinski definition) is 3. The minimum atomic E-state index is -0.702. The fourth-order valence-electron chi connectivity index (χ4n) is 2.75. The van der Waals surface area contributed by atoms with Crippen molar-refractivity contribution in [2.45, 2.75) is 37.9 Å². The molecule has 0 aromatic heterocycles. The van der Waals surface area contributed by atoms with Crippen molar-refractivity contribution in [2.75, 3.05) is 0 Å². The first-order chi connectivity index (χ1) is 9.70. The first kappa shape index (κ1) is 14.8. The molecule has 0 spiro atoms. The highest BCUT2D eigenvalue weighted by atomic mass is 16.3. The van der Waals surface area contributed by atoms with Crippen LogP contribution in [0.25, 0.3) is 0 Å². The largest absolute Gasteiger partial charge is 0.393 e. The number of aliphatic hydroxyl groups excluding tert-OH is 2. The Kier molecular flexibility index (Phi) is 5.34. The fraction of sp³-hybridized carbons (Fsp3) is 0.471. The summed E-state index contributed by atoms with van der Waals surface area (Å²) in [5, 5.41) is 19.7. The molecule has 3 heteroatoms. The summed E-state index contributed by atoms with van der Waals surface area (Å²) < 4.78 is 0. The lowest BCUT2D eigenvalue weighted by Gasteiger charge is -2.15. The van der Waals surface area contributed by atoms with Gasteiger partial charge >= 0.3 is 0 Å². The van der Waals surface area contributed by atoms with Gasteiger partial charge in [-0.15, -0.1) is 0 Å². The van der Waals surface area contributed by atoms with E-state index in [1.165, 1.54) is 0 Å². The highest BCUT2D eigenvalue weighted by molar-refractivity contribution is 5.50. The SMILES string of the molecule is O=CC[C@@H]1[C@H](O)CC[C@H]1C#CC(O)Cc1ccccc1. The van der Waals surface area contributed by atoms with Gasteiger partial charge in [0.25, 0.3) is 0 Å². The topological polar surface area (TPSA) is 57.5 Å². The smallest absolute Gasteiger partial charge is 0.120 e. The summed E-state index contributed by atoms with van der Waals surface area (Å²) in [6, 6.07) is 9.72. The average molecular weight is 272 g/mol. The highest BCUT2D eigenvalue weighted by Crippen LogP contribution is 2.33. The van der Waals surface area contributed by atoms with Gasteiger partial charge < -0.3 is 15.0 Å². The van der Waals surface area contributed by atoms with Crippen molar-refractivity contribution in [3.8, 4) is 11.8 Å². The van der Waals surface area contributed by atoms with E-state index in [-0.39, 0.29) is 11.8 Å². The molecular formula is C17H20O3. The van der Waals surface area contributed by atoms with E-state index in [9.17, 15) is 15.0 Å². The van der Waals surface area contributed by atoms with Crippen LogP contribution in [-0.4, -0.2) is 28.7 Å². The lowest BCUT2D eigenvalue weighted by atomic mass is 9.92.